The van der Waals surface area contributed by atoms with E-state index in [0.717, 1.165) is 55.4 Å². The van der Waals surface area contributed by atoms with Crippen molar-refractivity contribution in [3.8, 4) is 5.75 Å². The number of hydrogen-bond acceptors (Lipinski definition) is 8. The second kappa shape index (κ2) is 7.09. The van der Waals surface area contributed by atoms with Crippen LogP contribution in [0, 0.1) is 0 Å². The number of hydrogen-bond donors (Lipinski definition) is 4. The van der Waals surface area contributed by atoms with E-state index < -0.39 is 0 Å². The van der Waals surface area contributed by atoms with E-state index in [9.17, 15) is 5.11 Å². The van der Waals surface area contributed by atoms with E-state index in [2.05, 4.69) is 25.8 Å². The number of benzene rings is 1. The molecule has 3 unspecified atom stereocenters. The molecule has 0 amide bonds. The van der Waals surface area contributed by atoms with Crippen LogP contribution < -0.4 is 16.0 Å². The third-order valence-electron chi connectivity index (χ3n) is 5.39. The van der Waals surface area contributed by atoms with Crippen LogP contribution in [0.5, 0.6) is 5.75 Å². The summed E-state index contributed by atoms with van der Waals surface area (Å²) in [6.07, 6.45) is 3.87. The minimum Gasteiger partial charge on any atom is -0.508 e. The number of thioether (sulfide) groups is 1. The summed E-state index contributed by atoms with van der Waals surface area (Å²) >= 11 is 1.91. The molecule has 0 bridgehead atoms. The number of aromatic hydroxyl groups is 1. The van der Waals surface area contributed by atoms with Crippen LogP contribution >= 0.6 is 11.8 Å². The van der Waals surface area contributed by atoms with E-state index in [0.29, 0.717) is 6.04 Å². The zero-order chi connectivity index (χ0) is 18.2. The van der Waals surface area contributed by atoms with Crippen molar-refractivity contribution in [2.24, 2.45) is 9.98 Å². The monoisotopic (exact) mass is 384 g/mol. The summed E-state index contributed by atoms with van der Waals surface area (Å²) in [4.78, 5) is 11.9. The summed E-state index contributed by atoms with van der Waals surface area (Å²) in [6, 6.07) is 7.89. The molecule has 4 aliphatic heterocycles. The van der Waals surface area contributed by atoms with E-state index in [1.807, 2.05) is 36.2 Å². The molecule has 1 aromatic rings. The van der Waals surface area contributed by atoms with E-state index in [1.54, 1.807) is 6.07 Å². The molecule has 7 nitrogen and oxygen atoms in total. The van der Waals surface area contributed by atoms with Crippen molar-refractivity contribution in [2.45, 2.75) is 30.4 Å². The fraction of sp³-hybridized carbons (Fsp3) is 0.474. The number of rotatable bonds is 3. The number of aliphatic imine (C=N–C) groups is 2. The summed E-state index contributed by atoms with van der Waals surface area (Å²) in [7, 11) is 0. The highest BCUT2D eigenvalue weighted by atomic mass is 32.2. The Morgan fingerprint density at radius 2 is 2.30 bits per heavy atom. The summed E-state index contributed by atoms with van der Waals surface area (Å²) in [5.41, 5.74) is 3.55. The molecule has 3 atom stereocenters. The van der Waals surface area contributed by atoms with Gasteiger partial charge in [0, 0.05) is 43.1 Å². The normalized spacial score (nSPS) is 29.7. The van der Waals surface area contributed by atoms with Gasteiger partial charge in [0.2, 0.25) is 5.96 Å². The molecule has 142 valence electrons. The van der Waals surface area contributed by atoms with Crippen molar-refractivity contribution in [1.82, 2.24) is 20.9 Å². The number of phenols is 1. The SMILES string of the molecule is Oc1cccc(C2=C(C3CC=NC(NC4CCNC4)=N3)N3CCSC3N2)c1. The fourth-order valence-corrected chi connectivity index (χ4v) is 5.23. The number of nitrogens with zero attached hydrogens (tertiary/aromatic N) is 3. The quantitative estimate of drug-likeness (QED) is 0.626. The van der Waals surface area contributed by atoms with Crippen LogP contribution in [0.15, 0.2) is 39.9 Å². The topological polar surface area (TPSA) is 84.3 Å². The molecule has 2 fully saturated rings. The molecule has 5 rings (SSSR count). The van der Waals surface area contributed by atoms with Crippen LogP contribution in [-0.4, -0.2) is 65.1 Å². The first-order chi connectivity index (χ1) is 13.3. The highest BCUT2D eigenvalue weighted by Gasteiger charge is 2.39. The van der Waals surface area contributed by atoms with Gasteiger partial charge in [0.1, 0.15) is 17.3 Å². The Morgan fingerprint density at radius 3 is 3.15 bits per heavy atom. The van der Waals surface area contributed by atoms with Crippen molar-refractivity contribution in [1.29, 1.82) is 0 Å². The molecule has 27 heavy (non-hydrogen) atoms. The zero-order valence-corrected chi connectivity index (χ0v) is 15.9. The lowest BCUT2D eigenvalue weighted by atomic mass is 10.0. The van der Waals surface area contributed by atoms with Gasteiger partial charge in [-0.25, -0.2) is 9.98 Å². The molecule has 0 spiro atoms. The molecular formula is C19H24N6OS. The molecule has 4 N–H and O–H groups in total. The summed E-state index contributed by atoms with van der Waals surface area (Å²) in [5.74, 6) is 2.13. The van der Waals surface area contributed by atoms with Gasteiger partial charge in [-0.2, -0.15) is 0 Å². The first-order valence-electron chi connectivity index (χ1n) is 9.54. The van der Waals surface area contributed by atoms with Gasteiger partial charge >= 0.3 is 0 Å². The Hall–Kier alpha value is -2.19. The standard InChI is InChI=1S/C19H24N6OS/c26-14-3-1-2-12(10-14)16-17(25-8-9-27-19(25)24-16)15-5-7-21-18(23-15)22-13-4-6-20-11-13/h1-3,7,10,13,15,19-20,24,26H,4-6,8-9,11H2,(H,22,23). The Kier molecular flexibility index (Phi) is 4.45. The summed E-state index contributed by atoms with van der Waals surface area (Å²) < 4.78 is 0. The van der Waals surface area contributed by atoms with Gasteiger partial charge in [-0.1, -0.05) is 12.1 Å². The van der Waals surface area contributed by atoms with Crippen LogP contribution in [0.25, 0.3) is 5.70 Å². The second-order valence-corrected chi connectivity index (χ2v) is 8.41. The van der Waals surface area contributed by atoms with Crippen molar-refractivity contribution in [3.05, 3.63) is 35.5 Å². The van der Waals surface area contributed by atoms with E-state index in [1.165, 1.54) is 5.70 Å². The summed E-state index contributed by atoms with van der Waals surface area (Å²) in [6.45, 7) is 3.02. The molecule has 0 saturated carbocycles. The van der Waals surface area contributed by atoms with Crippen LogP contribution in [0.1, 0.15) is 18.4 Å². The molecule has 0 radical (unpaired) electrons. The molecule has 0 aliphatic carbocycles. The predicted molar refractivity (Wildman–Crippen MR) is 110 cm³/mol. The molecular weight excluding hydrogens is 360 g/mol. The fourth-order valence-electron chi connectivity index (χ4n) is 4.11. The van der Waals surface area contributed by atoms with Crippen molar-refractivity contribution in [2.75, 3.05) is 25.4 Å². The molecule has 4 heterocycles. The van der Waals surface area contributed by atoms with Crippen LogP contribution in [-0.2, 0) is 0 Å². The third-order valence-corrected chi connectivity index (χ3v) is 6.50. The van der Waals surface area contributed by atoms with Crippen molar-refractivity contribution in [3.63, 3.8) is 0 Å². The highest BCUT2D eigenvalue weighted by molar-refractivity contribution is 8.00. The van der Waals surface area contributed by atoms with Gasteiger partial charge in [-0.3, -0.25) is 0 Å². The molecule has 4 aliphatic rings. The average Bonchev–Trinajstić information content (AvgIpc) is 3.39. The number of phenolic OH excluding ortho intramolecular Hbond substituents is 1. The molecule has 8 heteroatoms. The molecule has 1 aromatic carbocycles. The minimum absolute atomic E-state index is 0.0351. The Labute approximate surface area is 163 Å². The second-order valence-electron chi connectivity index (χ2n) is 7.22. The minimum atomic E-state index is 0.0351. The number of fused-ring (bicyclic) bond motifs is 1. The number of nitrogens with one attached hydrogen (secondary N) is 3. The Balaban J connectivity index is 1.48. The lowest BCUT2D eigenvalue weighted by molar-refractivity contribution is 0.354. The van der Waals surface area contributed by atoms with Gasteiger partial charge in [0.25, 0.3) is 0 Å². The first-order valence-corrected chi connectivity index (χ1v) is 10.6. The zero-order valence-electron chi connectivity index (χ0n) is 15.1. The number of guanidine groups is 1. The lowest BCUT2D eigenvalue weighted by Crippen LogP contribution is -2.39. The largest absolute Gasteiger partial charge is 0.508 e. The van der Waals surface area contributed by atoms with Crippen molar-refractivity contribution < 1.29 is 5.11 Å². The third kappa shape index (κ3) is 3.27. The smallest absolute Gasteiger partial charge is 0.218 e. The van der Waals surface area contributed by atoms with Crippen LogP contribution in [0.2, 0.25) is 0 Å². The van der Waals surface area contributed by atoms with E-state index >= 15 is 0 Å². The van der Waals surface area contributed by atoms with Gasteiger partial charge in [-0.05, 0) is 25.1 Å². The lowest BCUT2D eigenvalue weighted by Gasteiger charge is -2.26. The maximum Gasteiger partial charge on any atom is 0.218 e. The van der Waals surface area contributed by atoms with E-state index in [4.69, 9.17) is 4.99 Å². The van der Waals surface area contributed by atoms with Crippen LogP contribution in [0.3, 0.4) is 0 Å². The van der Waals surface area contributed by atoms with Gasteiger partial charge in [0.05, 0.1) is 11.4 Å². The predicted octanol–water partition coefficient (Wildman–Crippen LogP) is 1.15. The van der Waals surface area contributed by atoms with Gasteiger partial charge < -0.3 is 26.0 Å². The van der Waals surface area contributed by atoms with Crippen molar-refractivity contribution >= 4 is 29.6 Å². The summed E-state index contributed by atoms with van der Waals surface area (Å²) in [5, 5.41) is 20.4. The maximum atomic E-state index is 9.94. The maximum absolute atomic E-state index is 9.94. The Morgan fingerprint density at radius 1 is 1.33 bits per heavy atom. The molecule has 0 aromatic heterocycles. The van der Waals surface area contributed by atoms with Crippen LogP contribution in [0.4, 0.5) is 0 Å². The average molecular weight is 385 g/mol. The Bertz CT molecular complexity index is 816. The highest BCUT2D eigenvalue weighted by Crippen LogP contribution is 2.39. The van der Waals surface area contributed by atoms with Gasteiger partial charge in [-0.15, -0.1) is 11.8 Å². The first kappa shape index (κ1) is 16.9. The van der Waals surface area contributed by atoms with Gasteiger partial charge in [0.15, 0.2) is 0 Å². The van der Waals surface area contributed by atoms with E-state index in [-0.39, 0.29) is 17.3 Å². The molecule has 2 saturated heterocycles.